The Hall–Kier alpha value is -1.19. The van der Waals surface area contributed by atoms with Crippen molar-refractivity contribution in [2.45, 2.75) is 0 Å². The summed E-state index contributed by atoms with van der Waals surface area (Å²) >= 11 is 0. The summed E-state index contributed by atoms with van der Waals surface area (Å²) in [7, 11) is 2.76. The Kier molecular flexibility index (Phi) is 2.03. The average Bonchev–Trinajstić information content (AvgIpc) is 1.85. The lowest BCUT2D eigenvalue weighted by molar-refractivity contribution is -0.674. The molecular weight excluding hydrogens is 152 g/mol. The Morgan fingerprint density at radius 3 is 2.09 bits per heavy atom. The minimum absolute atomic E-state index is 0.344. The van der Waals surface area contributed by atoms with Gasteiger partial charge in [-0.05, 0) is 0 Å². The molecule has 0 bridgehead atoms. The number of methoxy groups -OCH3 is 1. The molecule has 11 heavy (non-hydrogen) atoms. The molecule has 2 nitrogen and oxygen atoms in total. The van der Waals surface area contributed by atoms with Crippen LogP contribution in [0.5, 0.6) is 5.75 Å². The second-order valence-electron chi connectivity index (χ2n) is 2.15. The zero-order valence-electron chi connectivity index (χ0n) is 6.27. The van der Waals surface area contributed by atoms with Gasteiger partial charge in [0.05, 0.1) is 7.11 Å². The van der Waals surface area contributed by atoms with Crippen LogP contribution in [0.15, 0.2) is 12.4 Å². The molecule has 60 valence electrons. The third-order valence-corrected chi connectivity index (χ3v) is 1.27. The molecule has 0 aliphatic rings. The maximum Gasteiger partial charge on any atom is 0.231 e. The van der Waals surface area contributed by atoms with E-state index in [0.717, 1.165) is 12.4 Å². The highest BCUT2D eigenvalue weighted by Gasteiger charge is 2.14. The van der Waals surface area contributed by atoms with Gasteiger partial charge < -0.3 is 4.74 Å². The van der Waals surface area contributed by atoms with Crippen LogP contribution < -0.4 is 9.30 Å². The summed E-state index contributed by atoms with van der Waals surface area (Å²) in [6.07, 6.45) is 2.28. The predicted molar refractivity (Wildman–Crippen MR) is 34.1 cm³/mol. The first kappa shape index (κ1) is 7.91. The Morgan fingerprint density at radius 1 is 1.27 bits per heavy atom. The van der Waals surface area contributed by atoms with Gasteiger partial charge in [0, 0.05) is 0 Å². The number of halogens is 2. The fourth-order valence-corrected chi connectivity index (χ4v) is 0.821. The molecule has 1 aromatic heterocycles. The highest BCUT2D eigenvalue weighted by Crippen LogP contribution is 2.17. The van der Waals surface area contributed by atoms with Gasteiger partial charge in [-0.25, -0.2) is 4.57 Å². The van der Waals surface area contributed by atoms with Gasteiger partial charge in [0.25, 0.3) is 0 Å². The van der Waals surface area contributed by atoms with Crippen molar-refractivity contribution < 1.29 is 18.1 Å². The second-order valence-corrected chi connectivity index (χ2v) is 2.15. The first-order chi connectivity index (χ1) is 5.15. The van der Waals surface area contributed by atoms with Crippen LogP contribution >= 0.6 is 0 Å². The maximum absolute atomic E-state index is 12.7. The van der Waals surface area contributed by atoms with Gasteiger partial charge in [-0.1, -0.05) is 0 Å². The molecule has 0 radical (unpaired) electrons. The molecule has 0 saturated carbocycles. The van der Waals surface area contributed by atoms with Gasteiger partial charge in [-0.2, -0.15) is 8.78 Å². The molecule has 0 aliphatic heterocycles. The van der Waals surface area contributed by atoms with Crippen LogP contribution in [0, 0.1) is 11.6 Å². The standard InChI is InChI=1S/C7H8F2NO/c1-10-3-5(8)7(11-2)6(9)4-10/h3-4H,1-2H3/q+1. The molecule has 0 spiro atoms. The monoisotopic (exact) mass is 160 g/mol. The van der Waals surface area contributed by atoms with Crippen molar-refractivity contribution in [3.63, 3.8) is 0 Å². The van der Waals surface area contributed by atoms with Gasteiger partial charge in [0.15, 0.2) is 0 Å². The van der Waals surface area contributed by atoms with Crippen LogP contribution in [0.4, 0.5) is 8.78 Å². The number of aromatic nitrogens is 1. The molecule has 0 amide bonds. The van der Waals surface area contributed by atoms with Crippen molar-refractivity contribution in [1.29, 1.82) is 0 Å². The minimum atomic E-state index is -0.699. The molecule has 0 unspecified atom stereocenters. The third kappa shape index (κ3) is 1.45. The number of pyridine rings is 1. The number of aryl methyl sites for hydroxylation is 1. The molecule has 0 fully saturated rings. The van der Waals surface area contributed by atoms with Gasteiger partial charge >= 0.3 is 0 Å². The van der Waals surface area contributed by atoms with Crippen LogP contribution in [-0.4, -0.2) is 7.11 Å². The van der Waals surface area contributed by atoms with Crippen LogP contribution in [0.25, 0.3) is 0 Å². The first-order valence-corrected chi connectivity index (χ1v) is 3.03. The molecule has 0 N–H and O–H groups in total. The molecule has 0 atom stereocenters. The quantitative estimate of drug-likeness (QED) is 0.554. The zero-order valence-corrected chi connectivity index (χ0v) is 6.27. The van der Waals surface area contributed by atoms with Crippen LogP contribution in [0.3, 0.4) is 0 Å². The third-order valence-electron chi connectivity index (χ3n) is 1.27. The lowest BCUT2D eigenvalue weighted by atomic mass is 10.4. The molecule has 1 rings (SSSR count). The first-order valence-electron chi connectivity index (χ1n) is 3.03. The van der Waals surface area contributed by atoms with E-state index in [2.05, 4.69) is 4.74 Å². The normalized spacial score (nSPS) is 9.82. The minimum Gasteiger partial charge on any atom is -0.491 e. The second kappa shape index (κ2) is 2.82. The Balaban J connectivity index is 3.25. The zero-order chi connectivity index (χ0) is 8.43. The number of rotatable bonds is 1. The highest BCUT2D eigenvalue weighted by atomic mass is 19.1. The summed E-state index contributed by atoms with van der Waals surface area (Å²) in [6.45, 7) is 0. The lowest BCUT2D eigenvalue weighted by Gasteiger charge is -1.99. The van der Waals surface area contributed by atoms with Crippen LogP contribution in [0.1, 0.15) is 0 Å². The van der Waals surface area contributed by atoms with Crippen molar-refractivity contribution in [2.24, 2.45) is 7.05 Å². The predicted octanol–water partition coefficient (Wildman–Crippen LogP) is 0.798. The van der Waals surface area contributed by atoms with Crippen LogP contribution in [0.2, 0.25) is 0 Å². The van der Waals surface area contributed by atoms with E-state index >= 15 is 0 Å². The largest absolute Gasteiger partial charge is 0.491 e. The SMILES string of the molecule is COc1c(F)c[n+](C)cc1F. The number of ether oxygens (including phenoxy) is 1. The van der Waals surface area contributed by atoms with Gasteiger partial charge in [0.2, 0.25) is 29.8 Å². The van der Waals surface area contributed by atoms with E-state index in [4.69, 9.17) is 0 Å². The van der Waals surface area contributed by atoms with Gasteiger partial charge in [0.1, 0.15) is 7.05 Å². The van der Waals surface area contributed by atoms with E-state index < -0.39 is 11.6 Å². The summed E-state index contributed by atoms with van der Waals surface area (Å²) in [4.78, 5) is 0. The van der Waals surface area contributed by atoms with Crippen molar-refractivity contribution in [1.82, 2.24) is 0 Å². The van der Waals surface area contributed by atoms with E-state index in [0.29, 0.717) is 0 Å². The van der Waals surface area contributed by atoms with E-state index in [9.17, 15) is 8.78 Å². The molecule has 4 heteroatoms. The number of nitrogens with zero attached hydrogens (tertiary/aromatic N) is 1. The molecule has 1 heterocycles. The van der Waals surface area contributed by atoms with Crippen molar-refractivity contribution in [3.05, 3.63) is 24.0 Å². The van der Waals surface area contributed by atoms with Crippen LogP contribution in [-0.2, 0) is 7.05 Å². The Bertz CT molecular complexity index is 252. The molecule has 0 saturated heterocycles. The summed E-state index contributed by atoms with van der Waals surface area (Å²) in [5, 5.41) is 0. The summed E-state index contributed by atoms with van der Waals surface area (Å²) in [5.41, 5.74) is 0. The van der Waals surface area contributed by atoms with E-state index in [1.807, 2.05) is 0 Å². The lowest BCUT2D eigenvalue weighted by Crippen LogP contribution is -2.28. The Morgan fingerprint density at radius 2 is 1.73 bits per heavy atom. The smallest absolute Gasteiger partial charge is 0.231 e. The topological polar surface area (TPSA) is 13.1 Å². The fraction of sp³-hybridized carbons (Fsp3) is 0.286. The number of hydrogen-bond donors (Lipinski definition) is 0. The van der Waals surface area contributed by atoms with Crippen molar-refractivity contribution >= 4 is 0 Å². The van der Waals surface area contributed by atoms with Crippen molar-refractivity contribution in [2.75, 3.05) is 7.11 Å². The molecular formula is C7H8F2NO+. The van der Waals surface area contributed by atoms with E-state index in [-0.39, 0.29) is 5.75 Å². The molecule has 1 aromatic rings. The van der Waals surface area contributed by atoms with E-state index in [1.165, 1.54) is 18.7 Å². The van der Waals surface area contributed by atoms with Gasteiger partial charge in [-0.15, -0.1) is 0 Å². The summed E-state index contributed by atoms with van der Waals surface area (Å²) in [6, 6.07) is 0. The maximum atomic E-state index is 12.7. The van der Waals surface area contributed by atoms with E-state index in [1.54, 1.807) is 0 Å². The Labute approximate surface area is 63.0 Å². The fourth-order valence-electron chi connectivity index (χ4n) is 0.821. The average molecular weight is 160 g/mol. The number of hydrogen-bond acceptors (Lipinski definition) is 1. The van der Waals surface area contributed by atoms with Gasteiger partial charge in [-0.3, -0.25) is 0 Å². The highest BCUT2D eigenvalue weighted by molar-refractivity contribution is 5.19. The summed E-state index contributed by atoms with van der Waals surface area (Å²) < 4.78 is 31.2. The summed E-state index contributed by atoms with van der Waals surface area (Å²) in [5.74, 6) is -1.74. The molecule has 0 aromatic carbocycles. The van der Waals surface area contributed by atoms with Crippen molar-refractivity contribution in [3.8, 4) is 5.75 Å². The molecule has 0 aliphatic carbocycles.